The molecule has 4 aliphatic rings. The molecule has 5 aromatic rings. The predicted molar refractivity (Wildman–Crippen MR) is 206 cm³/mol. The molecular formula is C45H46N2O4. The number of ether oxygens (including phenoxy) is 3. The Bertz CT molecular complexity index is 2130. The Morgan fingerprint density at radius 3 is 2.35 bits per heavy atom. The Hall–Kier alpha value is -4.78. The molecule has 0 aromatic heterocycles. The lowest BCUT2D eigenvalue weighted by Gasteiger charge is -2.39. The molecule has 6 heteroatoms. The highest BCUT2D eigenvalue weighted by Gasteiger charge is 2.44. The van der Waals surface area contributed by atoms with Crippen molar-refractivity contribution in [3.05, 3.63) is 125 Å². The van der Waals surface area contributed by atoms with Crippen molar-refractivity contribution in [2.45, 2.75) is 37.7 Å². The maximum absolute atomic E-state index is 10.1. The average molecular weight is 679 g/mol. The first-order valence-corrected chi connectivity index (χ1v) is 18.5. The van der Waals surface area contributed by atoms with E-state index in [9.17, 15) is 5.11 Å². The number of morpholine rings is 1. The van der Waals surface area contributed by atoms with Crippen molar-refractivity contribution in [3.63, 3.8) is 0 Å². The molecule has 1 N–H and O–H groups in total. The second-order valence-corrected chi connectivity index (χ2v) is 15.1. The maximum atomic E-state index is 10.1. The molecule has 0 amide bonds. The van der Waals surface area contributed by atoms with Crippen molar-refractivity contribution < 1.29 is 19.3 Å². The van der Waals surface area contributed by atoms with Crippen LogP contribution in [0.3, 0.4) is 0 Å². The van der Waals surface area contributed by atoms with E-state index in [0.29, 0.717) is 0 Å². The number of methoxy groups -OCH3 is 1. The average Bonchev–Trinajstić information content (AvgIpc) is 3.44. The fourth-order valence-electron chi connectivity index (χ4n) is 9.21. The first kappa shape index (κ1) is 32.1. The fraction of sp³-hybridized carbons (Fsp3) is 0.333. The number of piperidine rings is 1. The number of nitrogens with zero attached hydrogens (tertiary/aromatic N) is 2. The van der Waals surface area contributed by atoms with E-state index in [-0.39, 0.29) is 17.9 Å². The molecule has 0 bridgehead atoms. The topological polar surface area (TPSA) is 54.4 Å². The highest BCUT2D eigenvalue weighted by molar-refractivity contribution is 6.10. The Morgan fingerprint density at radius 1 is 0.843 bits per heavy atom. The van der Waals surface area contributed by atoms with Gasteiger partial charge in [-0.15, -0.1) is 0 Å². The van der Waals surface area contributed by atoms with Gasteiger partial charge in [0.15, 0.2) is 5.60 Å². The van der Waals surface area contributed by atoms with E-state index in [1.807, 2.05) is 0 Å². The summed E-state index contributed by atoms with van der Waals surface area (Å²) in [5.41, 5.74) is 9.66. The van der Waals surface area contributed by atoms with E-state index >= 15 is 0 Å². The molecular weight excluding hydrogens is 633 g/mol. The second-order valence-electron chi connectivity index (χ2n) is 15.1. The van der Waals surface area contributed by atoms with E-state index in [4.69, 9.17) is 14.2 Å². The summed E-state index contributed by atoms with van der Waals surface area (Å²) in [7, 11) is 1.77. The number of rotatable bonds is 6. The third-order valence-electron chi connectivity index (χ3n) is 11.8. The Labute approximate surface area is 300 Å². The van der Waals surface area contributed by atoms with E-state index in [1.54, 1.807) is 7.11 Å². The van der Waals surface area contributed by atoms with Crippen LogP contribution in [0.15, 0.2) is 97.1 Å². The Kier molecular flexibility index (Phi) is 7.86. The van der Waals surface area contributed by atoms with Crippen LogP contribution in [0.1, 0.15) is 54.5 Å². The summed E-state index contributed by atoms with van der Waals surface area (Å²) in [6.07, 6.45) is 6.68. The van der Waals surface area contributed by atoms with Gasteiger partial charge in [-0.3, -0.25) is 0 Å². The first-order valence-electron chi connectivity index (χ1n) is 18.5. The summed E-state index contributed by atoms with van der Waals surface area (Å²) in [6, 6.07) is 32.9. The minimum Gasteiger partial charge on any atom is -0.495 e. The molecule has 0 saturated carbocycles. The van der Waals surface area contributed by atoms with Crippen LogP contribution in [0.5, 0.6) is 11.5 Å². The fourth-order valence-corrected chi connectivity index (χ4v) is 9.21. The van der Waals surface area contributed by atoms with Crippen LogP contribution in [0, 0.1) is 5.92 Å². The van der Waals surface area contributed by atoms with Crippen molar-refractivity contribution in [1.29, 1.82) is 0 Å². The first-order chi connectivity index (χ1) is 24.9. The van der Waals surface area contributed by atoms with Crippen LogP contribution < -0.4 is 19.3 Å². The number of hydrogen-bond donors (Lipinski definition) is 1. The third-order valence-corrected chi connectivity index (χ3v) is 11.8. The Balaban J connectivity index is 1.28. The molecule has 3 aliphatic heterocycles. The number of aliphatic hydroxyl groups is 1. The predicted octanol–water partition coefficient (Wildman–Crippen LogP) is 8.55. The minimum atomic E-state index is -0.846. The van der Waals surface area contributed by atoms with Crippen LogP contribution in [-0.4, -0.2) is 58.2 Å². The molecule has 0 spiro atoms. The van der Waals surface area contributed by atoms with Gasteiger partial charge in [-0.2, -0.15) is 0 Å². The zero-order valence-electron chi connectivity index (χ0n) is 29.8. The molecule has 9 rings (SSSR count). The molecule has 260 valence electrons. The Morgan fingerprint density at radius 2 is 1.59 bits per heavy atom. The highest BCUT2D eigenvalue weighted by atomic mass is 16.5. The van der Waals surface area contributed by atoms with Crippen molar-refractivity contribution in [3.8, 4) is 22.6 Å². The number of anilines is 2. The number of fused-ring (bicyclic) bond motifs is 8. The van der Waals surface area contributed by atoms with Crippen LogP contribution in [-0.2, 0) is 15.8 Å². The third kappa shape index (κ3) is 5.06. The van der Waals surface area contributed by atoms with Crippen molar-refractivity contribution >= 4 is 28.2 Å². The van der Waals surface area contributed by atoms with Crippen molar-refractivity contribution in [2.75, 3.05) is 62.9 Å². The zero-order valence-corrected chi connectivity index (χ0v) is 29.8. The lowest BCUT2D eigenvalue weighted by atomic mass is 9.76. The molecule has 5 aromatic carbocycles. The van der Waals surface area contributed by atoms with Gasteiger partial charge >= 0.3 is 0 Å². The van der Waals surface area contributed by atoms with Gasteiger partial charge in [-0.05, 0) is 76.7 Å². The molecule has 0 radical (unpaired) electrons. The van der Waals surface area contributed by atoms with Gasteiger partial charge in [0.1, 0.15) is 11.5 Å². The molecule has 3 heterocycles. The van der Waals surface area contributed by atoms with E-state index in [2.05, 4.69) is 127 Å². The van der Waals surface area contributed by atoms with Crippen molar-refractivity contribution in [1.82, 2.24) is 0 Å². The molecule has 6 nitrogen and oxygen atoms in total. The van der Waals surface area contributed by atoms with Crippen LogP contribution >= 0.6 is 0 Å². The van der Waals surface area contributed by atoms with Crippen LogP contribution in [0.2, 0.25) is 0 Å². The zero-order chi connectivity index (χ0) is 34.7. The van der Waals surface area contributed by atoms with Gasteiger partial charge in [-0.25, -0.2) is 0 Å². The highest BCUT2D eigenvalue weighted by Crippen LogP contribution is 2.59. The summed E-state index contributed by atoms with van der Waals surface area (Å²) >= 11 is 0. The molecule has 2 unspecified atom stereocenters. The lowest BCUT2D eigenvalue weighted by molar-refractivity contribution is 0.122. The smallest absolute Gasteiger partial charge is 0.178 e. The van der Waals surface area contributed by atoms with E-state index in [0.717, 1.165) is 91.5 Å². The van der Waals surface area contributed by atoms with Gasteiger partial charge in [0, 0.05) is 66.0 Å². The standard InChI is InChI=1S/C45H46N2O4/c1-44(2)38-14-8-7-13-34(38)41-36-26-39(47-21-9-10-30(28-47)29-48)40(49-3)27-37(36)43-35(42(41)44)19-20-45(51-43,31-11-5-4-6-12-31)32-15-17-33(18-16-32)46-22-24-50-25-23-46/h4-8,11-20,26-27,30,48H,9-10,21-25,28-29H2,1-3H3. The molecule has 2 fully saturated rings. The maximum Gasteiger partial charge on any atom is 0.178 e. The quantitative estimate of drug-likeness (QED) is 0.194. The number of aliphatic hydroxyl groups excluding tert-OH is 1. The van der Waals surface area contributed by atoms with Crippen LogP contribution in [0.25, 0.3) is 28.0 Å². The summed E-state index contributed by atoms with van der Waals surface area (Å²) in [5.74, 6) is 1.96. The van der Waals surface area contributed by atoms with Gasteiger partial charge in [0.05, 0.1) is 26.0 Å². The SMILES string of the molecule is COc1cc2c3c(c4c(c2cc1N1CCCC(CO)C1)-c1ccccc1C4(C)C)C=CC(c1ccccc1)(c1ccc(N2CCOCC2)cc1)O3. The van der Waals surface area contributed by atoms with Crippen LogP contribution in [0.4, 0.5) is 11.4 Å². The molecule has 2 saturated heterocycles. The number of hydrogen-bond acceptors (Lipinski definition) is 6. The minimum absolute atomic E-state index is 0.200. The van der Waals surface area contributed by atoms with E-state index < -0.39 is 5.60 Å². The monoisotopic (exact) mass is 678 g/mol. The van der Waals surface area contributed by atoms with Gasteiger partial charge in [0.2, 0.25) is 0 Å². The summed E-state index contributed by atoms with van der Waals surface area (Å²) < 4.78 is 19.4. The molecule has 2 atom stereocenters. The van der Waals surface area contributed by atoms with Gasteiger partial charge < -0.3 is 29.1 Å². The van der Waals surface area contributed by atoms with E-state index in [1.165, 1.54) is 33.3 Å². The summed E-state index contributed by atoms with van der Waals surface area (Å²) in [4.78, 5) is 4.80. The summed E-state index contributed by atoms with van der Waals surface area (Å²) in [5, 5.41) is 12.3. The molecule has 51 heavy (non-hydrogen) atoms. The van der Waals surface area contributed by atoms with Gasteiger partial charge in [-0.1, -0.05) is 86.7 Å². The normalized spacial score (nSPS) is 21.9. The van der Waals surface area contributed by atoms with Crippen molar-refractivity contribution in [2.24, 2.45) is 5.92 Å². The molecule has 1 aliphatic carbocycles. The largest absolute Gasteiger partial charge is 0.495 e. The lowest BCUT2D eigenvalue weighted by Crippen LogP contribution is -2.37. The second kappa shape index (κ2) is 12.5. The van der Waals surface area contributed by atoms with Gasteiger partial charge in [0.25, 0.3) is 0 Å². The summed E-state index contributed by atoms with van der Waals surface area (Å²) in [6.45, 7) is 9.93. The number of benzene rings is 5.